The van der Waals surface area contributed by atoms with E-state index in [1.165, 1.54) is 6.42 Å². The average molecular weight is 183 g/mol. The van der Waals surface area contributed by atoms with E-state index in [9.17, 15) is 0 Å². The molecule has 0 spiro atoms. The Hall–Kier alpha value is -0.340. The zero-order chi connectivity index (χ0) is 9.68. The van der Waals surface area contributed by atoms with Crippen LogP contribution in [0.2, 0.25) is 0 Å². The summed E-state index contributed by atoms with van der Waals surface area (Å²) < 4.78 is 5.54. The maximum absolute atomic E-state index is 5.54. The number of rotatable bonds is 5. The van der Waals surface area contributed by atoms with Crippen molar-refractivity contribution in [3.05, 3.63) is 12.7 Å². The maximum atomic E-state index is 5.54. The van der Waals surface area contributed by atoms with Crippen molar-refractivity contribution in [2.75, 3.05) is 13.2 Å². The van der Waals surface area contributed by atoms with Gasteiger partial charge in [-0.3, -0.25) is 0 Å². The van der Waals surface area contributed by atoms with E-state index in [0.29, 0.717) is 18.1 Å². The van der Waals surface area contributed by atoms with Gasteiger partial charge in [0.25, 0.3) is 0 Å². The molecule has 1 fully saturated rings. The van der Waals surface area contributed by atoms with Crippen molar-refractivity contribution in [1.82, 2.24) is 5.32 Å². The van der Waals surface area contributed by atoms with Gasteiger partial charge in [0.15, 0.2) is 0 Å². The Morgan fingerprint density at radius 2 is 2.46 bits per heavy atom. The fourth-order valence-electron chi connectivity index (χ4n) is 1.85. The Kier molecular flexibility index (Phi) is 4.46. The molecular weight excluding hydrogens is 162 g/mol. The van der Waals surface area contributed by atoms with Crippen molar-refractivity contribution in [3.63, 3.8) is 0 Å². The summed E-state index contributed by atoms with van der Waals surface area (Å²) in [7, 11) is 0. The van der Waals surface area contributed by atoms with E-state index in [1.54, 1.807) is 0 Å². The summed E-state index contributed by atoms with van der Waals surface area (Å²) in [4.78, 5) is 0. The van der Waals surface area contributed by atoms with Crippen LogP contribution in [0.15, 0.2) is 12.7 Å². The number of ether oxygens (including phenoxy) is 1. The third kappa shape index (κ3) is 3.12. The third-order valence-electron chi connectivity index (χ3n) is 2.62. The maximum Gasteiger partial charge on any atom is 0.0551 e. The smallest absolute Gasteiger partial charge is 0.0551 e. The highest BCUT2D eigenvalue weighted by Crippen LogP contribution is 2.22. The van der Waals surface area contributed by atoms with Crippen LogP contribution in [-0.2, 0) is 4.74 Å². The molecule has 0 aromatic rings. The topological polar surface area (TPSA) is 21.3 Å². The first-order valence-electron chi connectivity index (χ1n) is 5.25. The van der Waals surface area contributed by atoms with E-state index in [4.69, 9.17) is 4.74 Å². The SMILES string of the molecule is C=CC(NCCC)C1COC(C)C1. The molecule has 0 aliphatic carbocycles. The van der Waals surface area contributed by atoms with Crippen molar-refractivity contribution in [2.45, 2.75) is 38.8 Å². The largest absolute Gasteiger partial charge is 0.378 e. The van der Waals surface area contributed by atoms with E-state index < -0.39 is 0 Å². The monoisotopic (exact) mass is 183 g/mol. The van der Waals surface area contributed by atoms with Crippen molar-refractivity contribution < 1.29 is 4.74 Å². The van der Waals surface area contributed by atoms with Crippen LogP contribution < -0.4 is 5.32 Å². The predicted octanol–water partition coefficient (Wildman–Crippen LogP) is 1.97. The quantitative estimate of drug-likeness (QED) is 0.658. The lowest BCUT2D eigenvalue weighted by molar-refractivity contribution is 0.118. The zero-order valence-electron chi connectivity index (χ0n) is 8.75. The molecule has 13 heavy (non-hydrogen) atoms. The van der Waals surface area contributed by atoms with Crippen LogP contribution in [-0.4, -0.2) is 25.3 Å². The normalized spacial score (nSPS) is 30.3. The molecule has 2 heteroatoms. The molecular formula is C11H21NO. The zero-order valence-corrected chi connectivity index (χ0v) is 8.75. The molecule has 1 aliphatic rings. The third-order valence-corrected chi connectivity index (χ3v) is 2.62. The van der Waals surface area contributed by atoms with Crippen molar-refractivity contribution >= 4 is 0 Å². The minimum absolute atomic E-state index is 0.427. The average Bonchev–Trinajstić information content (AvgIpc) is 2.54. The summed E-state index contributed by atoms with van der Waals surface area (Å²) in [6.07, 6.45) is 4.78. The molecule has 0 saturated carbocycles. The lowest BCUT2D eigenvalue weighted by Gasteiger charge is -2.19. The van der Waals surface area contributed by atoms with Crippen molar-refractivity contribution in [3.8, 4) is 0 Å². The van der Waals surface area contributed by atoms with Gasteiger partial charge in [-0.15, -0.1) is 6.58 Å². The minimum Gasteiger partial charge on any atom is -0.378 e. The predicted molar refractivity (Wildman–Crippen MR) is 55.8 cm³/mol. The van der Waals surface area contributed by atoms with Gasteiger partial charge in [-0.05, 0) is 26.3 Å². The van der Waals surface area contributed by atoms with E-state index in [1.807, 2.05) is 6.08 Å². The number of hydrogen-bond acceptors (Lipinski definition) is 2. The first-order valence-corrected chi connectivity index (χ1v) is 5.25. The molecule has 76 valence electrons. The van der Waals surface area contributed by atoms with Crippen LogP contribution in [0.25, 0.3) is 0 Å². The van der Waals surface area contributed by atoms with Gasteiger partial charge in [-0.2, -0.15) is 0 Å². The van der Waals surface area contributed by atoms with Crippen molar-refractivity contribution in [1.29, 1.82) is 0 Å². The Bertz CT molecular complexity index is 158. The van der Waals surface area contributed by atoms with E-state index in [2.05, 4.69) is 25.7 Å². The van der Waals surface area contributed by atoms with E-state index in [0.717, 1.165) is 19.6 Å². The Balaban J connectivity index is 2.33. The minimum atomic E-state index is 0.427. The molecule has 2 nitrogen and oxygen atoms in total. The summed E-state index contributed by atoms with van der Waals surface area (Å²) in [5, 5.41) is 3.48. The highest BCUT2D eigenvalue weighted by Gasteiger charge is 2.27. The Morgan fingerprint density at radius 1 is 1.69 bits per heavy atom. The van der Waals surface area contributed by atoms with Gasteiger partial charge in [0.2, 0.25) is 0 Å². The van der Waals surface area contributed by atoms with Gasteiger partial charge < -0.3 is 10.1 Å². The molecule has 0 aromatic heterocycles. The lowest BCUT2D eigenvalue weighted by atomic mass is 9.97. The molecule has 1 aliphatic heterocycles. The molecule has 0 amide bonds. The van der Waals surface area contributed by atoms with Gasteiger partial charge in [0.1, 0.15) is 0 Å². The summed E-state index contributed by atoms with van der Waals surface area (Å²) in [5.74, 6) is 0.624. The second-order valence-corrected chi connectivity index (χ2v) is 3.86. The van der Waals surface area contributed by atoms with Gasteiger partial charge in [-0.25, -0.2) is 0 Å². The van der Waals surface area contributed by atoms with Gasteiger partial charge in [0.05, 0.1) is 12.7 Å². The fourth-order valence-corrected chi connectivity index (χ4v) is 1.85. The summed E-state index contributed by atoms with van der Waals surface area (Å²) in [6.45, 7) is 10.1. The van der Waals surface area contributed by atoms with E-state index >= 15 is 0 Å². The fraction of sp³-hybridized carbons (Fsp3) is 0.818. The van der Waals surface area contributed by atoms with Crippen LogP contribution >= 0.6 is 0 Å². The van der Waals surface area contributed by atoms with Gasteiger partial charge >= 0.3 is 0 Å². The van der Waals surface area contributed by atoms with Crippen molar-refractivity contribution in [2.24, 2.45) is 5.92 Å². The molecule has 1 heterocycles. The Morgan fingerprint density at radius 3 is 2.92 bits per heavy atom. The lowest BCUT2D eigenvalue weighted by Crippen LogP contribution is -2.35. The first-order chi connectivity index (χ1) is 6.27. The van der Waals surface area contributed by atoms with Gasteiger partial charge in [-0.1, -0.05) is 13.0 Å². The second-order valence-electron chi connectivity index (χ2n) is 3.86. The molecule has 1 saturated heterocycles. The summed E-state index contributed by atoms with van der Waals surface area (Å²) in [5.41, 5.74) is 0. The van der Waals surface area contributed by atoms with Gasteiger partial charge in [0, 0.05) is 12.0 Å². The van der Waals surface area contributed by atoms with Crippen LogP contribution in [0.1, 0.15) is 26.7 Å². The highest BCUT2D eigenvalue weighted by molar-refractivity contribution is 4.93. The molecule has 3 unspecified atom stereocenters. The van der Waals surface area contributed by atoms with Crippen LogP contribution in [0.3, 0.4) is 0 Å². The Labute approximate surface area is 81.4 Å². The van der Waals surface area contributed by atoms with E-state index in [-0.39, 0.29) is 0 Å². The number of nitrogens with one attached hydrogen (secondary N) is 1. The first kappa shape index (κ1) is 10.7. The molecule has 1 rings (SSSR count). The summed E-state index contributed by atoms with van der Waals surface area (Å²) in [6, 6.07) is 0.435. The van der Waals surface area contributed by atoms with Crippen LogP contribution in [0, 0.1) is 5.92 Å². The molecule has 3 atom stereocenters. The van der Waals surface area contributed by atoms with Crippen LogP contribution in [0.4, 0.5) is 0 Å². The summed E-state index contributed by atoms with van der Waals surface area (Å²) >= 11 is 0. The second kappa shape index (κ2) is 5.40. The van der Waals surface area contributed by atoms with Crippen LogP contribution in [0.5, 0.6) is 0 Å². The molecule has 1 N–H and O–H groups in total. The molecule has 0 radical (unpaired) electrons. The highest BCUT2D eigenvalue weighted by atomic mass is 16.5. The number of hydrogen-bond donors (Lipinski definition) is 1. The molecule has 0 bridgehead atoms. The standard InChI is InChI=1S/C11H21NO/c1-4-6-12-11(5-2)10-7-9(3)13-8-10/h5,9-12H,2,4,6-8H2,1,3H3. The molecule has 0 aromatic carbocycles.